The predicted octanol–water partition coefficient (Wildman–Crippen LogP) is 1.43. The molecule has 5 heteroatoms. The topological polar surface area (TPSA) is 41.6 Å². The Morgan fingerprint density at radius 2 is 2.11 bits per heavy atom. The molecule has 2 rings (SSSR count). The first-order valence-electron chi connectivity index (χ1n) is 6.66. The maximum Gasteiger partial charge on any atom is 0.224 e. The zero-order valence-corrected chi connectivity index (χ0v) is 12.3. The van der Waals surface area contributed by atoms with Gasteiger partial charge in [-0.05, 0) is 18.8 Å². The van der Waals surface area contributed by atoms with E-state index in [0.717, 1.165) is 6.54 Å². The summed E-state index contributed by atoms with van der Waals surface area (Å²) in [5, 5.41) is 3.57. The van der Waals surface area contributed by atoms with Gasteiger partial charge in [-0.2, -0.15) is 0 Å². The van der Waals surface area contributed by atoms with E-state index in [2.05, 4.69) is 24.1 Å². The summed E-state index contributed by atoms with van der Waals surface area (Å²) in [5.41, 5.74) is 0. The number of nitrogens with one attached hydrogen (secondary N) is 1. The van der Waals surface area contributed by atoms with Crippen molar-refractivity contribution in [1.29, 1.82) is 0 Å². The molecule has 1 aliphatic heterocycles. The van der Waals surface area contributed by atoms with Gasteiger partial charge in [-0.25, -0.2) is 0 Å². The molecule has 1 heterocycles. The first-order valence-corrected chi connectivity index (χ1v) is 6.66. The van der Waals surface area contributed by atoms with Gasteiger partial charge in [0.05, 0.1) is 6.61 Å². The molecule has 0 aromatic carbocycles. The van der Waals surface area contributed by atoms with E-state index in [9.17, 15) is 4.79 Å². The molecule has 2 aliphatic rings. The standard InChI is InChI=1S/C13H24N2O2.ClH/c1-9(2)12(8-17-3)14-10-6-13(16)15(7-10)11-4-5-11;/h9-12,14H,4-8H2,1-3H3;1H. The van der Waals surface area contributed by atoms with Crippen molar-refractivity contribution in [3.63, 3.8) is 0 Å². The van der Waals surface area contributed by atoms with Crippen LogP contribution in [0.4, 0.5) is 0 Å². The van der Waals surface area contributed by atoms with Crippen LogP contribution in [0.5, 0.6) is 0 Å². The minimum atomic E-state index is 0. The number of amides is 1. The number of likely N-dealkylation sites (tertiary alicyclic amines) is 1. The van der Waals surface area contributed by atoms with Gasteiger partial charge in [-0.1, -0.05) is 13.8 Å². The van der Waals surface area contributed by atoms with Crippen molar-refractivity contribution in [2.45, 2.75) is 51.2 Å². The Kier molecular flexibility index (Phi) is 5.89. The van der Waals surface area contributed by atoms with Gasteiger partial charge in [0, 0.05) is 38.2 Å². The second kappa shape index (κ2) is 6.73. The maximum absolute atomic E-state index is 11.8. The van der Waals surface area contributed by atoms with E-state index < -0.39 is 0 Å². The normalized spacial score (nSPS) is 25.4. The van der Waals surface area contributed by atoms with E-state index in [-0.39, 0.29) is 12.4 Å². The molecule has 1 amide bonds. The Hall–Kier alpha value is -0.320. The highest BCUT2D eigenvalue weighted by Crippen LogP contribution is 2.30. The third-order valence-electron chi connectivity index (χ3n) is 3.75. The lowest BCUT2D eigenvalue weighted by Gasteiger charge is -2.25. The number of ether oxygens (including phenoxy) is 1. The SMILES string of the molecule is COCC(NC1CC(=O)N(C2CC2)C1)C(C)C.Cl. The Bertz CT molecular complexity index is 282. The van der Waals surface area contributed by atoms with Crippen LogP contribution in [-0.4, -0.2) is 49.2 Å². The van der Waals surface area contributed by atoms with Crippen molar-refractivity contribution in [2.75, 3.05) is 20.3 Å². The van der Waals surface area contributed by atoms with Gasteiger partial charge >= 0.3 is 0 Å². The highest BCUT2D eigenvalue weighted by molar-refractivity contribution is 5.85. The summed E-state index contributed by atoms with van der Waals surface area (Å²) in [6, 6.07) is 1.21. The molecule has 0 radical (unpaired) electrons. The lowest BCUT2D eigenvalue weighted by atomic mass is 10.0. The Morgan fingerprint density at radius 1 is 1.44 bits per heavy atom. The molecular weight excluding hydrogens is 252 g/mol. The van der Waals surface area contributed by atoms with Crippen LogP contribution in [0.25, 0.3) is 0 Å². The highest BCUT2D eigenvalue weighted by Gasteiger charge is 2.39. The monoisotopic (exact) mass is 276 g/mol. The molecule has 2 atom stereocenters. The molecule has 18 heavy (non-hydrogen) atoms. The summed E-state index contributed by atoms with van der Waals surface area (Å²) in [6.45, 7) is 5.97. The average molecular weight is 277 g/mol. The van der Waals surface area contributed by atoms with E-state index in [0.29, 0.717) is 43.0 Å². The van der Waals surface area contributed by atoms with Crippen LogP contribution in [0, 0.1) is 5.92 Å². The third kappa shape index (κ3) is 3.84. The Balaban J connectivity index is 0.00000162. The zero-order chi connectivity index (χ0) is 12.4. The fourth-order valence-electron chi connectivity index (χ4n) is 2.50. The van der Waals surface area contributed by atoms with Crippen LogP contribution in [0.2, 0.25) is 0 Å². The predicted molar refractivity (Wildman–Crippen MR) is 74.0 cm³/mol. The highest BCUT2D eigenvalue weighted by atomic mass is 35.5. The molecule has 1 aliphatic carbocycles. The molecule has 1 saturated heterocycles. The molecule has 106 valence electrons. The summed E-state index contributed by atoms with van der Waals surface area (Å²) < 4.78 is 5.23. The third-order valence-corrected chi connectivity index (χ3v) is 3.75. The van der Waals surface area contributed by atoms with Gasteiger partial charge in [-0.3, -0.25) is 4.79 Å². The zero-order valence-electron chi connectivity index (χ0n) is 11.5. The second-order valence-corrected chi connectivity index (χ2v) is 5.65. The summed E-state index contributed by atoms with van der Waals surface area (Å²) in [4.78, 5) is 13.9. The first kappa shape index (κ1) is 15.7. The van der Waals surface area contributed by atoms with Crippen molar-refractivity contribution >= 4 is 18.3 Å². The van der Waals surface area contributed by atoms with Crippen LogP contribution >= 0.6 is 12.4 Å². The van der Waals surface area contributed by atoms with Crippen LogP contribution in [-0.2, 0) is 9.53 Å². The molecule has 2 unspecified atom stereocenters. The largest absolute Gasteiger partial charge is 0.383 e. The van der Waals surface area contributed by atoms with Crippen LogP contribution < -0.4 is 5.32 Å². The number of carbonyl (C=O) groups is 1. The number of methoxy groups -OCH3 is 1. The molecule has 2 fully saturated rings. The molecule has 1 saturated carbocycles. The Morgan fingerprint density at radius 3 is 2.61 bits per heavy atom. The maximum atomic E-state index is 11.8. The average Bonchev–Trinajstić information content (AvgIpc) is 3.03. The molecule has 0 aromatic rings. The second-order valence-electron chi connectivity index (χ2n) is 5.65. The molecule has 0 aromatic heterocycles. The van der Waals surface area contributed by atoms with Gasteiger partial charge < -0.3 is 15.0 Å². The number of carbonyl (C=O) groups excluding carboxylic acids is 1. The van der Waals surface area contributed by atoms with Crippen LogP contribution in [0.1, 0.15) is 33.1 Å². The summed E-state index contributed by atoms with van der Waals surface area (Å²) in [6.07, 6.45) is 3.05. The summed E-state index contributed by atoms with van der Waals surface area (Å²) in [7, 11) is 1.73. The fraction of sp³-hybridized carbons (Fsp3) is 0.923. The van der Waals surface area contributed by atoms with E-state index >= 15 is 0 Å². The fourth-order valence-corrected chi connectivity index (χ4v) is 2.50. The summed E-state index contributed by atoms with van der Waals surface area (Å²) >= 11 is 0. The lowest BCUT2D eigenvalue weighted by Crippen LogP contribution is -2.45. The molecule has 4 nitrogen and oxygen atoms in total. The lowest BCUT2D eigenvalue weighted by molar-refractivity contribution is -0.128. The minimum absolute atomic E-state index is 0. The number of hydrogen-bond acceptors (Lipinski definition) is 3. The van der Waals surface area contributed by atoms with Gasteiger partial charge in [0.25, 0.3) is 0 Å². The van der Waals surface area contributed by atoms with Crippen molar-refractivity contribution in [2.24, 2.45) is 5.92 Å². The quantitative estimate of drug-likeness (QED) is 0.798. The number of nitrogens with zero attached hydrogens (tertiary/aromatic N) is 1. The van der Waals surface area contributed by atoms with Crippen molar-refractivity contribution < 1.29 is 9.53 Å². The summed E-state index contributed by atoms with van der Waals surface area (Å²) in [5.74, 6) is 0.852. The van der Waals surface area contributed by atoms with E-state index in [4.69, 9.17) is 4.74 Å². The van der Waals surface area contributed by atoms with Crippen molar-refractivity contribution in [3.05, 3.63) is 0 Å². The van der Waals surface area contributed by atoms with Gasteiger partial charge in [0.1, 0.15) is 0 Å². The van der Waals surface area contributed by atoms with E-state index in [1.807, 2.05) is 0 Å². The molecule has 0 spiro atoms. The molecular formula is C13H25ClN2O2. The van der Waals surface area contributed by atoms with Crippen LogP contribution in [0.3, 0.4) is 0 Å². The smallest absolute Gasteiger partial charge is 0.224 e. The number of rotatable bonds is 6. The van der Waals surface area contributed by atoms with Crippen molar-refractivity contribution in [1.82, 2.24) is 10.2 Å². The Labute approximate surface area is 116 Å². The van der Waals surface area contributed by atoms with Gasteiger partial charge in [-0.15, -0.1) is 12.4 Å². The van der Waals surface area contributed by atoms with Gasteiger partial charge in [0.15, 0.2) is 0 Å². The van der Waals surface area contributed by atoms with Gasteiger partial charge in [0.2, 0.25) is 5.91 Å². The molecule has 0 bridgehead atoms. The first-order chi connectivity index (χ1) is 8.11. The van der Waals surface area contributed by atoms with Crippen molar-refractivity contribution in [3.8, 4) is 0 Å². The molecule has 1 N–H and O–H groups in total. The van der Waals surface area contributed by atoms with E-state index in [1.54, 1.807) is 7.11 Å². The van der Waals surface area contributed by atoms with Crippen LogP contribution in [0.15, 0.2) is 0 Å². The number of hydrogen-bond donors (Lipinski definition) is 1. The minimum Gasteiger partial charge on any atom is -0.383 e. The number of halogens is 1. The van der Waals surface area contributed by atoms with E-state index in [1.165, 1.54) is 12.8 Å².